The summed E-state index contributed by atoms with van der Waals surface area (Å²) in [6.07, 6.45) is 6.81. The van der Waals surface area contributed by atoms with E-state index in [0.29, 0.717) is 0 Å². The number of anilines is 3. The lowest BCUT2D eigenvalue weighted by Crippen LogP contribution is -2.09. The third kappa shape index (κ3) is 12.0. The van der Waals surface area contributed by atoms with Gasteiger partial charge in [0.05, 0.1) is 0 Å². The number of halogens is 6. The third-order valence-electron chi connectivity index (χ3n) is 11.3. The van der Waals surface area contributed by atoms with Gasteiger partial charge in [-0.3, -0.25) is 0 Å². The minimum Gasteiger partial charge on any atom is -0.311 e. The molecule has 0 atom stereocenters. The van der Waals surface area contributed by atoms with Crippen LogP contribution in [0.5, 0.6) is 0 Å². The van der Waals surface area contributed by atoms with Gasteiger partial charge >= 0.3 is 0 Å². The topological polar surface area (TPSA) is 3.24 Å². The maximum atomic E-state index is 3.62. The van der Waals surface area contributed by atoms with E-state index in [2.05, 4.69) is 337 Å². The maximum absolute atomic E-state index is 3.62. The maximum Gasteiger partial charge on any atom is 0.0462 e. The Hall–Kier alpha value is -5.12. The molecule has 9 rings (SSSR count). The summed E-state index contributed by atoms with van der Waals surface area (Å²) in [6.45, 7) is 0. The van der Waals surface area contributed by atoms with Gasteiger partial charge in [-0.15, -0.1) is 0 Å². The zero-order valence-corrected chi connectivity index (χ0v) is 45.2. The van der Waals surface area contributed by atoms with Crippen LogP contribution in [0.25, 0.3) is 34.9 Å². The molecule has 0 amide bonds. The zero-order chi connectivity index (χ0) is 46.3. The highest BCUT2D eigenvalue weighted by atomic mass is 79.9. The van der Waals surface area contributed by atoms with Crippen LogP contribution in [-0.2, 0) is 0 Å². The van der Waals surface area contributed by atoms with Crippen LogP contribution in [0.1, 0.15) is 50.1 Å². The molecule has 0 N–H and O–H groups in total. The summed E-state index contributed by atoms with van der Waals surface area (Å²) in [4.78, 5) is 2.33. The first-order valence-corrected chi connectivity index (χ1v) is 26.2. The van der Waals surface area contributed by atoms with Crippen LogP contribution in [0.2, 0.25) is 0 Å². The SMILES string of the molecule is Brc1ccc(C(=Cc2ccc(N(c3ccc(C=C(c4ccc(Br)cc4)c4ccc(Br)cc4)cc3)c3ccc(C=C(c4ccc(Br)cc4)c4ccc(Br)cc4)cc3)cc2)c2ccc(Br)cc2)cc1. The van der Waals surface area contributed by atoms with E-state index < -0.39 is 0 Å². The smallest absolute Gasteiger partial charge is 0.0462 e. The van der Waals surface area contributed by atoms with Crippen molar-refractivity contribution in [1.29, 1.82) is 0 Å². The van der Waals surface area contributed by atoms with Gasteiger partial charge in [0.2, 0.25) is 0 Å². The fourth-order valence-corrected chi connectivity index (χ4v) is 9.47. The van der Waals surface area contributed by atoms with Crippen molar-refractivity contribution in [2.45, 2.75) is 0 Å². The summed E-state index contributed by atoms with van der Waals surface area (Å²) in [7, 11) is 0. The van der Waals surface area contributed by atoms with E-state index in [4.69, 9.17) is 0 Å². The van der Waals surface area contributed by atoms with E-state index in [9.17, 15) is 0 Å². The molecule has 1 nitrogen and oxygen atoms in total. The van der Waals surface area contributed by atoms with E-state index in [1.165, 1.54) is 0 Å². The van der Waals surface area contributed by atoms with E-state index >= 15 is 0 Å². The van der Waals surface area contributed by atoms with Gasteiger partial charge in [0, 0.05) is 43.9 Å². The number of rotatable bonds is 12. The Labute approximate surface area is 443 Å². The van der Waals surface area contributed by atoms with Crippen molar-refractivity contribution in [2.75, 3.05) is 4.90 Å². The van der Waals surface area contributed by atoms with Crippen LogP contribution in [0.4, 0.5) is 17.1 Å². The molecule has 326 valence electrons. The Balaban J connectivity index is 1.11. The van der Waals surface area contributed by atoms with E-state index in [-0.39, 0.29) is 0 Å². The molecule has 0 aliphatic carbocycles. The van der Waals surface area contributed by atoms with E-state index in [0.717, 1.165) is 111 Å². The second kappa shape index (κ2) is 21.9. The van der Waals surface area contributed by atoms with Gasteiger partial charge in [0.1, 0.15) is 0 Å². The van der Waals surface area contributed by atoms with Crippen molar-refractivity contribution in [3.05, 3.63) is 295 Å². The molecule has 0 aliphatic rings. The predicted octanol–water partition coefficient (Wildman–Crippen LogP) is 20.5. The van der Waals surface area contributed by atoms with Crippen molar-refractivity contribution >= 4 is 148 Å². The molecular formula is C60H39Br6N. The Morgan fingerprint density at radius 3 is 0.552 bits per heavy atom. The number of nitrogens with zero attached hydrogens (tertiary/aromatic N) is 1. The monoisotopic (exact) mass is 1250 g/mol. The molecule has 9 aromatic rings. The van der Waals surface area contributed by atoms with Crippen LogP contribution in [0, 0.1) is 0 Å². The molecule has 0 unspecified atom stereocenters. The molecular weight excluding hydrogens is 1210 g/mol. The van der Waals surface area contributed by atoms with Gasteiger partial charge in [-0.05, 0) is 194 Å². The number of hydrogen-bond donors (Lipinski definition) is 0. The normalized spacial score (nSPS) is 10.8. The van der Waals surface area contributed by atoms with Gasteiger partial charge in [-0.2, -0.15) is 0 Å². The molecule has 0 radical (unpaired) electrons. The van der Waals surface area contributed by atoms with Crippen molar-refractivity contribution in [3.8, 4) is 0 Å². The van der Waals surface area contributed by atoms with Gasteiger partial charge in [-0.25, -0.2) is 0 Å². The molecule has 0 heterocycles. The van der Waals surface area contributed by atoms with Gasteiger partial charge < -0.3 is 4.90 Å². The summed E-state index contributed by atoms with van der Waals surface area (Å²) < 4.78 is 6.30. The highest BCUT2D eigenvalue weighted by molar-refractivity contribution is 9.11. The average Bonchev–Trinajstić information content (AvgIpc) is 3.35. The fourth-order valence-electron chi connectivity index (χ4n) is 7.88. The minimum absolute atomic E-state index is 1.05. The largest absolute Gasteiger partial charge is 0.311 e. The lowest BCUT2D eigenvalue weighted by atomic mass is 9.95. The highest BCUT2D eigenvalue weighted by Gasteiger charge is 2.15. The quantitative estimate of drug-likeness (QED) is 0.110. The highest BCUT2D eigenvalue weighted by Crippen LogP contribution is 2.38. The van der Waals surface area contributed by atoms with Gasteiger partial charge in [0.15, 0.2) is 0 Å². The molecule has 0 saturated heterocycles. The Morgan fingerprint density at radius 2 is 0.388 bits per heavy atom. The molecule has 0 aromatic heterocycles. The number of hydrogen-bond acceptors (Lipinski definition) is 1. The molecule has 7 heteroatoms. The molecule has 0 bridgehead atoms. The first-order chi connectivity index (χ1) is 32.6. The summed E-state index contributed by atoms with van der Waals surface area (Å²) in [5.41, 5.74) is 16.8. The van der Waals surface area contributed by atoms with E-state index in [1.54, 1.807) is 0 Å². The first-order valence-electron chi connectivity index (χ1n) is 21.4. The molecule has 0 spiro atoms. The lowest BCUT2D eigenvalue weighted by Gasteiger charge is -2.26. The third-order valence-corrected chi connectivity index (χ3v) is 14.5. The second-order valence-electron chi connectivity index (χ2n) is 15.8. The minimum atomic E-state index is 1.05. The van der Waals surface area contributed by atoms with Crippen LogP contribution in [0.3, 0.4) is 0 Å². The van der Waals surface area contributed by atoms with Crippen molar-refractivity contribution < 1.29 is 0 Å². The Kier molecular flexibility index (Phi) is 15.3. The number of benzene rings is 9. The van der Waals surface area contributed by atoms with Gasteiger partial charge in [-0.1, -0.05) is 205 Å². The summed E-state index contributed by atoms with van der Waals surface area (Å²) in [6, 6.07) is 77.6. The lowest BCUT2D eigenvalue weighted by molar-refractivity contribution is 1.28. The molecule has 67 heavy (non-hydrogen) atoms. The van der Waals surface area contributed by atoms with Crippen LogP contribution in [0.15, 0.2) is 245 Å². The predicted molar refractivity (Wildman–Crippen MR) is 307 cm³/mol. The Morgan fingerprint density at radius 1 is 0.224 bits per heavy atom. The van der Waals surface area contributed by atoms with Crippen LogP contribution < -0.4 is 4.90 Å². The second-order valence-corrected chi connectivity index (χ2v) is 21.3. The molecule has 9 aromatic carbocycles. The van der Waals surface area contributed by atoms with Crippen LogP contribution in [-0.4, -0.2) is 0 Å². The van der Waals surface area contributed by atoms with Crippen molar-refractivity contribution in [2.24, 2.45) is 0 Å². The van der Waals surface area contributed by atoms with Crippen molar-refractivity contribution in [1.82, 2.24) is 0 Å². The van der Waals surface area contributed by atoms with Gasteiger partial charge in [0.25, 0.3) is 0 Å². The summed E-state index contributed by atoms with van der Waals surface area (Å²) >= 11 is 21.7. The molecule has 0 saturated carbocycles. The molecule has 0 fully saturated rings. The fraction of sp³-hybridized carbons (Fsp3) is 0. The zero-order valence-electron chi connectivity index (χ0n) is 35.7. The standard InChI is InChI=1S/C60H39Br6N/c61-49-19-7-43(8-20-49)58(44-9-21-50(62)22-10-44)37-40-1-31-55(32-2-40)67(56-33-3-41(4-34-56)38-59(45-11-23-51(63)24-12-45)46-13-25-52(64)26-14-46)57-35-5-42(6-36-57)39-60(47-15-27-53(65)28-16-47)48-17-29-54(66)30-18-48/h1-39H. The average molecular weight is 1250 g/mol. The van der Waals surface area contributed by atoms with Crippen LogP contribution >= 0.6 is 95.6 Å². The summed E-state index contributed by atoms with van der Waals surface area (Å²) in [5, 5.41) is 0. The Bertz CT molecular complexity index is 2700. The van der Waals surface area contributed by atoms with Crippen molar-refractivity contribution in [3.63, 3.8) is 0 Å². The van der Waals surface area contributed by atoms with E-state index in [1.807, 2.05) is 0 Å². The summed E-state index contributed by atoms with van der Waals surface area (Å²) in [5.74, 6) is 0. The first kappa shape index (κ1) is 47.0. The molecule has 0 aliphatic heterocycles.